The third-order valence-corrected chi connectivity index (χ3v) is 4.54. The zero-order chi connectivity index (χ0) is 14.9. The molecule has 0 bridgehead atoms. The van der Waals surface area contributed by atoms with Crippen LogP contribution in [0.4, 0.5) is 0 Å². The summed E-state index contributed by atoms with van der Waals surface area (Å²) >= 11 is 0. The van der Waals surface area contributed by atoms with Gasteiger partial charge in [0.05, 0.1) is 11.0 Å². The summed E-state index contributed by atoms with van der Waals surface area (Å²) in [5.41, 5.74) is -0.251. The molecule has 0 saturated carbocycles. The second-order valence-electron chi connectivity index (χ2n) is 5.55. The fraction of sp³-hybridized carbons (Fsp3) is 0.533. The highest BCUT2D eigenvalue weighted by molar-refractivity contribution is 5.75. The lowest BCUT2D eigenvalue weighted by molar-refractivity contribution is -0.148. The Morgan fingerprint density at radius 3 is 2.45 bits per heavy atom. The topological polar surface area (TPSA) is 81.0 Å². The summed E-state index contributed by atoms with van der Waals surface area (Å²) in [4.78, 5) is 13.5. The molecule has 2 unspecified atom stereocenters. The predicted molar refractivity (Wildman–Crippen MR) is 74.7 cm³/mol. The fourth-order valence-electron chi connectivity index (χ4n) is 3.00. The van der Waals surface area contributed by atoms with E-state index in [4.69, 9.17) is 0 Å². The maximum Gasteiger partial charge on any atom is 0.310 e. The van der Waals surface area contributed by atoms with Crippen LogP contribution in [0.15, 0.2) is 18.2 Å². The van der Waals surface area contributed by atoms with E-state index < -0.39 is 11.4 Å². The molecule has 0 spiro atoms. The van der Waals surface area contributed by atoms with Crippen LogP contribution in [0.25, 0.3) is 0 Å². The van der Waals surface area contributed by atoms with Gasteiger partial charge >= 0.3 is 5.97 Å². The van der Waals surface area contributed by atoms with Crippen molar-refractivity contribution in [3.8, 4) is 11.5 Å². The van der Waals surface area contributed by atoms with Crippen molar-refractivity contribution in [2.45, 2.75) is 32.7 Å². The lowest BCUT2D eigenvalue weighted by atomic mass is 9.84. The van der Waals surface area contributed by atoms with Gasteiger partial charge in [-0.25, -0.2) is 0 Å². The Balaban J connectivity index is 2.24. The summed E-state index contributed by atoms with van der Waals surface area (Å²) in [7, 11) is 0. The van der Waals surface area contributed by atoms with E-state index in [1.54, 1.807) is 6.07 Å². The van der Waals surface area contributed by atoms with Crippen LogP contribution in [0, 0.1) is 5.41 Å². The summed E-state index contributed by atoms with van der Waals surface area (Å²) < 4.78 is 0. The van der Waals surface area contributed by atoms with Crippen molar-refractivity contribution in [2.24, 2.45) is 5.41 Å². The van der Waals surface area contributed by atoms with Gasteiger partial charge in [-0.05, 0) is 38.4 Å². The first-order valence-electron chi connectivity index (χ1n) is 6.89. The Bertz CT molecular complexity index is 496. The molecule has 0 aliphatic carbocycles. The van der Waals surface area contributed by atoms with E-state index in [0.29, 0.717) is 31.5 Å². The first-order chi connectivity index (χ1) is 9.41. The molecule has 1 aliphatic heterocycles. The number of carboxylic acid groups (broad SMARTS) is 1. The van der Waals surface area contributed by atoms with Gasteiger partial charge in [0.1, 0.15) is 11.5 Å². The highest BCUT2D eigenvalue weighted by Gasteiger charge is 2.44. The summed E-state index contributed by atoms with van der Waals surface area (Å²) in [6.45, 7) is 4.85. The van der Waals surface area contributed by atoms with Gasteiger partial charge in [-0.2, -0.15) is 0 Å². The number of nitrogens with zero attached hydrogens (tertiary/aromatic N) is 1. The number of carboxylic acids is 1. The number of hydrogen-bond donors (Lipinski definition) is 3. The molecule has 5 nitrogen and oxygen atoms in total. The fourth-order valence-corrected chi connectivity index (χ4v) is 3.00. The molecular weight excluding hydrogens is 258 g/mol. The van der Waals surface area contributed by atoms with Gasteiger partial charge in [0.25, 0.3) is 0 Å². The molecule has 1 aromatic carbocycles. The standard InChI is InChI=1S/C15H21NO4/c1-3-15(14(19)20)7-8-16(9-15)10(2)13-11(17)5-4-6-12(13)18/h4-6,10,17-18H,3,7-9H2,1-2H3,(H,19,20). The highest BCUT2D eigenvalue weighted by atomic mass is 16.4. The SMILES string of the molecule is CCC1(C(=O)O)CCN(C(C)c2c(O)cccc2O)C1. The number of carbonyl (C=O) groups is 1. The van der Waals surface area contributed by atoms with Gasteiger partial charge in [-0.1, -0.05) is 13.0 Å². The number of rotatable bonds is 4. The Kier molecular flexibility index (Phi) is 3.90. The van der Waals surface area contributed by atoms with Crippen molar-refractivity contribution in [1.82, 2.24) is 4.90 Å². The average Bonchev–Trinajstić information content (AvgIpc) is 2.84. The van der Waals surface area contributed by atoms with Gasteiger partial charge in [-0.15, -0.1) is 0 Å². The zero-order valence-electron chi connectivity index (χ0n) is 11.8. The van der Waals surface area contributed by atoms with Crippen LogP contribution in [-0.4, -0.2) is 39.3 Å². The van der Waals surface area contributed by atoms with Crippen molar-refractivity contribution in [3.05, 3.63) is 23.8 Å². The number of aliphatic carboxylic acids is 1. The minimum absolute atomic E-state index is 0.0434. The molecule has 1 heterocycles. The van der Waals surface area contributed by atoms with E-state index in [1.807, 2.05) is 18.7 Å². The second-order valence-corrected chi connectivity index (χ2v) is 5.55. The minimum Gasteiger partial charge on any atom is -0.507 e. The summed E-state index contributed by atoms with van der Waals surface area (Å²) in [6.07, 6.45) is 1.18. The van der Waals surface area contributed by atoms with E-state index >= 15 is 0 Å². The zero-order valence-corrected chi connectivity index (χ0v) is 11.8. The normalized spacial score (nSPS) is 24.7. The number of phenolic OH excluding ortho intramolecular Hbond substituents is 2. The molecule has 0 aromatic heterocycles. The minimum atomic E-state index is -0.767. The molecule has 2 atom stereocenters. The monoisotopic (exact) mass is 279 g/mol. The van der Waals surface area contributed by atoms with Crippen LogP contribution in [0.3, 0.4) is 0 Å². The van der Waals surface area contributed by atoms with Gasteiger partial charge in [-0.3, -0.25) is 9.69 Å². The van der Waals surface area contributed by atoms with E-state index in [2.05, 4.69) is 0 Å². The van der Waals surface area contributed by atoms with Crippen molar-refractivity contribution in [3.63, 3.8) is 0 Å². The van der Waals surface area contributed by atoms with Crippen LogP contribution < -0.4 is 0 Å². The molecule has 1 aliphatic rings. The first-order valence-corrected chi connectivity index (χ1v) is 6.89. The maximum absolute atomic E-state index is 11.5. The van der Waals surface area contributed by atoms with Crippen LogP contribution in [0.2, 0.25) is 0 Å². The smallest absolute Gasteiger partial charge is 0.310 e. The van der Waals surface area contributed by atoms with Crippen LogP contribution >= 0.6 is 0 Å². The van der Waals surface area contributed by atoms with E-state index in [-0.39, 0.29) is 17.5 Å². The molecular formula is C15H21NO4. The molecule has 110 valence electrons. The third-order valence-electron chi connectivity index (χ3n) is 4.54. The average molecular weight is 279 g/mol. The van der Waals surface area contributed by atoms with Crippen molar-refractivity contribution < 1.29 is 20.1 Å². The van der Waals surface area contributed by atoms with Gasteiger partial charge in [0.15, 0.2) is 0 Å². The third kappa shape index (κ3) is 2.33. The number of aromatic hydroxyl groups is 2. The molecule has 1 fully saturated rings. The molecule has 5 heteroatoms. The molecule has 2 rings (SSSR count). The number of benzene rings is 1. The molecule has 0 radical (unpaired) electrons. The van der Waals surface area contributed by atoms with E-state index in [0.717, 1.165) is 0 Å². The van der Waals surface area contributed by atoms with Crippen molar-refractivity contribution in [1.29, 1.82) is 0 Å². The quantitative estimate of drug-likeness (QED) is 0.788. The predicted octanol–water partition coefficient (Wildman–Crippen LogP) is 2.35. The van der Waals surface area contributed by atoms with E-state index in [9.17, 15) is 20.1 Å². The summed E-state index contributed by atoms with van der Waals surface area (Å²) in [5.74, 6) is -0.681. The number of hydrogen-bond acceptors (Lipinski definition) is 4. The largest absolute Gasteiger partial charge is 0.507 e. The Morgan fingerprint density at radius 1 is 1.40 bits per heavy atom. The number of likely N-dealkylation sites (tertiary alicyclic amines) is 1. The van der Waals surface area contributed by atoms with Crippen LogP contribution in [0.5, 0.6) is 11.5 Å². The lowest BCUT2D eigenvalue weighted by Crippen LogP contribution is -2.35. The van der Waals surface area contributed by atoms with Gasteiger partial charge < -0.3 is 15.3 Å². The van der Waals surface area contributed by atoms with Gasteiger partial charge in [0.2, 0.25) is 0 Å². The molecule has 1 saturated heterocycles. The Hall–Kier alpha value is -1.75. The summed E-state index contributed by atoms with van der Waals surface area (Å²) in [5, 5.41) is 29.2. The van der Waals surface area contributed by atoms with E-state index in [1.165, 1.54) is 12.1 Å². The molecule has 1 aromatic rings. The molecule has 20 heavy (non-hydrogen) atoms. The first kappa shape index (κ1) is 14.7. The second kappa shape index (κ2) is 5.32. The van der Waals surface area contributed by atoms with Gasteiger partial charge in [0, 0.05) is 12.6 Å². The van der Waals surface area contributed by atoms with Crippen LogP contribution in [0.1, 0.15) is 38.3 Å². The summed E-state index contributed by atoms with van der Waals surface area (Å²) in [6, 6.07) is 4.43. The highest BCUT2D eigenvalue weighted by Crippen LogP contribution is 2.42. The lowest BCUT2D eigenvalue weighted by Gasteiger charge is -2.28. The number of phenols is 2. The van der Waals surface area contributed by atoms with Crippen molar-refractivity contribution >= 4 is 5.97 Å². The Labute approximate surface area is 118 Å². The Morgan fingerprint density at radius 2 is 2.00 bits per heavy atom. The molecule has 3 N–H and O–H groups in total. The molecule has 0 amide bonds. The van der Waals surface area contributed by atoms with Crippen molar-refractivity contribution in [2.75, 3.05) is 13.1 Å². The van der Waals surface area contributed by atoms with Crippen LogP contribution in [-0.2, 0) is 4.79 Å². The maximum atomic E-state index is 11.5.